The molecule has 0 aliphatic carbocycles. The van der Waals surface area contributed by atoms with E-state index in [1.165, 1.54) is 12.1 Å². The first-order valence-corrected chi connectivity index (χ1v) is 8.48. The molecule has 3 rings (SSSR count). The van der Waals surface area contributed by atoms with Gasteiger partial charge in [0, 0.05) is 12.0 Å². The lowest BCUT2D eigenvalue weighted by atomic mass is 9.96. The molecule has 1 atom stereocenters. The van der Waals surface area contributed by atoms with Crippen LogP contribution >= 0.6 is 11.6 Å². The fraction of sp³-hybridized carbons (Fsp3) is 0.278. The zero-order valence-electron chi connectivity index (χ0n) is 14.3. The van der Waals surface area contributed by atoms with Crippen LogP contribution in [0, 0.1) is 0 Å². The van der Waals surface area contributed by atoms with E-state index in [0.717, 1.165) is 0 Å². The highest BCUT2D eigenvalue weighted by Gasteiger charge is 2.37. The van der Waals surface area contributed by atoms with Gasteiger partial charge < -0.3 is 15.2 Å². The minimum absolute atomic E-state index is 0.00120. The van der Waals surface area contributed by atoms with Gasteiger partial charge in [0.05, 0.1) is 22.7 Å². The van der Waals surface area contributed by atoms with Crippen LogP contribution in [0.2, 0.25) is 5.02 Å². The maximum atomic E-state index is 13.1. The van der Waals surface area contributed by atoms with Crippen molar-refractivity contribution in [3.63, 3.8) is 0 Å². The molecule has 11 heteroatoms. The molecular weight excluding hydrogens is 428 g/mol. The number of carbonyl (C=O) groups is 1. The summed E-state index contributed by atoms with van der Waals surface area (Å²) in [6.07, 6.45) is -11.6. The van der Waals surface area contributed by atoms with Gasteiger partial charge in [-0.2, -0.15) is 26.3 Å². The van der Waals surface area contributed by atoms with Crippen LogP contribution in [0.4, 0.5) is 31.1 Å². The Labute approximate surface area is 165 Å². The van der Waals surface area contributed by atoms with Gasteiger partial charge in [0.15, 0.2) is 0 Å². The van der Waals surface area contributed by atoms with Gasteiger partial charge in [-0.3, -0.25) is 0 Å². The molecule has 2 aromatic rings. The third kappa shape index (κ3) is 4.69. The Bertz CT molecular complexity index is 926. The summed E-state index contributed by atoms with van der Waals surface area (Å²) < 4.78 is 84.0. The van der Waals surface area contributed by atoms with E-state index in [-0.39, 0.29) is 40.9 Å². The average Bonchev–Trinajstić information content (AvgIpc) is 3.02. The van der Waals surface area contributed by atoms with Crippen molar-refractivity contribution in [2.45, 2.75) is 24.9 Å². The highest BCUT2D eigenvalue weighted by molar-refractivity contribution is 6.32. The number of fused-ring (bicyclic) bond motifs is 1. The van der Waals surface area contributed by atoms with Crippen molar-refractivity contribution in [2.24, 2.45) is 0 Å². The third-order valence-corrected chi connectivity index (χ3v) is 4.54. The van der Waals surface area contributed by atoms with Crippen LogP contribution in [0.1, 0.15) is 16.7 Å². The molecule has 4 nitrogen and oxygen atoms in total. The van der Waals surface area contributed by atoms with Gasteiger partial charge >= 0.3 is 18.4 Å². The fourth-order valence-electron chi connectivity index (χ4n) is 2.99. The lowest BCUT2D eigenvalue weighted by Gasteiger charge is -2.15. The number of carboxylic acid groups (broad SMARTS) is 1. The molecule has 0 radical (unpaired) electrons. The number of ether oxygens (including phenoxy) is 1. The minimum Gasteiger partial charge on any atom is -0.486 e. The fourth-order valence-corrected chi connectivity index (χ4v) is 3.27. The normalized spacial score (nSPS) is 16.3. The second kappa shape index (κ2) is 7.33. The standard InChI is InChI=1S/C18H12ClF6NO3/c19-14-5-8(1-10-4-13(29-15(10)14)7-26-16(27)28)9-2-11(17(20,21)22)6-12(3-9)18(23,24)25/h1-3,5-6,13,26H,4,7H2,(H,27,28). The van der Waals surface area contributed by atoms with Gasteiger partial charge in [0.2, 0.25) is 0 Å². The van der Waals surface area contributed by atoms with Crippen LogP contribution in [0.15, 0.2) is 30.3 Å². The second-order valence-corrected chi connectivity index (χ2v) is 6.78. The van der Waals surface area contributed by atoms with E-state index in [0.29, 0.717) is 17.7 Å². The summed E-state index contributed by atoms with van der Waals surface area (Å²) in [4.78, 5) is 10.6. The maximum Gasteiger partial charge on any atom is 0.416 e. The molecule has 0 aromatic heterocycles. The molecule has 29 heavy (non-hydrogen) atoms. The van der Waals surface area contributed by atoms with E-state index in [1.54, 1.807) is 0 Å². The third-order valence-electron chi connectivity index (χ3n) is 4.25. The Morgan fingerprint density at radius 2 is 1.59 bits per heavy atom. The monoisotopic (exact) mass is 439 g/mol. The van der Waals surface area contributed by atoms with Gasteiger partial charge in [-0.25, -0.2) is 4.79 Å². The predicted molar refractivity (Wildman–Crippen MR) is 91.0 cm³/mol. The highest BCUT2D eigenvalue weighted by atomic mass is 35.5. The number of benzene rings is 2. The summed E-state index contributed by atoms with van der Waals surface area (Å²) in [7, 11) is 0. The first kappa shape index (κ1) is 21.1. The molecule has 0 spiro atoms. The molecule has 1 aliphatic rings. The van der Waals surface area contributed by atoms with E-state index in [4.69, 9.17) is 21.4 Å². The molecular formula is C18H12ClF6NO3. The van der Waals surface area contributed by atoms with Gasteiger partial charge in [-0.05, 0) is 41.5 Å². The Morgan fingerprint density at radius 3 is 2.10 bits per heavy atom. The summed E-state index contributed by atoms with van der Waals surface area (Å²) in [5, 5.41) is 10.8. The van der Waals surface area contributed by atoms with E-state index in [9.17, 15) is 31.1 Å². The number of hydrogen-bond acceptors (Lipinski definition) is 2. The van der Waals surface area contributed by atoms with Crippen LogP contribution in [0.3, 0.4) is 0 Å². The van der Waals surface area contributed by atoms with Crippen LogP contribution in [-0.4, -0.2) is 23.8 Å². The average molecular weight is 440 g/mol. The SMILES string of the molecule is O=C(O)NCC1Cc2cc(-c3cc(C(F)(F)F)cc(C(F)(F)F)c3)cc(Cl)c2O1. The number of alkyl halides is 6. The number of nitrogens with one attached hydrogen (secondary N) is 1. The summed E-state index contributed by atoms with van der Waals surface area (Å²) in [6.45, 7) is -0.0581. The van der Waals surface area contributed by atoms with Crippen molar-refractivity contribution in [2.75, 3.05) is 6.54 Å². The van der Waals surface area contributed by atoms with E-state index >= 15 is 0 Å². The van der Waals surface area contributed by atoms with E-state index in [1.807, 2.05) is 0 Å². The lowest BCUT2D eigenvalue weighted by Crippen LogP contribution is -2.33. The summed E-state index contributed by atoms with van der Waals surface area (Å²) in [5.41, 5.74) is -2.65. The Balaban J connectivity index is 2.02. The summed E-state index contributed by atoms with van der Waals surface area (Å²) in [5.74, 6) is 0.218. The van der Waals surface area contributed by atoms with E-state index < -0.39 is 35.7 Å². The molecule has 1 heterocycles. The van der Waals surface area contributed by atoms with Crippen LogP contribution in [-0.2, 0) is 18.8 Å². The largest absolute Gasteiger partial charge is 0.486 e. The second-order valence-electron chi connectivity index (χ2n) is 6.37. The molecule has 0 fully saturated rings. The van der Waals surface area contributed by atoms with E-state index in [2.05, 4.69) is 5.32 Å². The van der Waals surface area contributed by atoms with Crippen molar-refractivity contribution >= 4 is 17.7 Å². The molecule has 1 aliphatic heterocycles. The maximum absolute atomic E-state index is 13.1. The van der Waals surface area contributed by atoms with Gasteiger partial charge in [-0.1, -0.05) is 11.6 Å². The van der Waals surface area contributed by atoms with Crippen molar-refractivity contribution in [3.05, 3.63) is 52.0 Å². The summed E-state index contributed by atoms with van der Waals surface area (Å²) in [6, 6.07) is 3.88. The first-order chi connectivity index (χ1) is 13.3. The molecule has 2 aromatic carbocycles. The topological polar surface area (TPSA) is 58.6 Å². The van der Waals surface area contributed by atoms with Crippen LogP contribution in [0.5, 0.6) is 5.75 Å². The van der Waals surface area contributed by atoms with Crippen molar-refractivity contribution < 1.29 is 41.0 Å². The van der Waals surface area contributed by atoms with Gasteiger partial charge in [0.25, 0.3) is 0 Å². The lowest BCUT2D eigenvalue weighted by molar-refractivity contribution is -0.143. The van der Waals surface area contributed by atoms with Crippen LogP contribution < -0.4 is 10.1 Å². The smallest absolute Gasteiger partial charge is 0.416 e. The highest BCUT2D eigenvalue weighted by Crippen LogP contribution is 2.42. The van der Waals surface area contributed by atoms with Crippen LogP contribution in [0.25, 0.3) is 11.1 Å². The van der Waals surface area contributed by atoms with Crippen molar-refractivity contribution in [1.82, 2.24) is 5.32 Å². The molecule has 1 amide bonds. The molecule has 2 N–H and O–H groups in total. The Kier molecular flexibility index (Phi) is 5.33. The zero-order chi connectivity index (χ0) is 21.6. The molecule has 0 saturated heterocycles. The number of amides is 1. The molecule has 156 valence electrons. The Morgan fingerprint density at radius 1 is 1.03 bits per heavy atom. The molecule has 1 unspecified atom stereocenters. The van der Waals surface area contributed by atoms with Gasteiger partial charge in [-0.15, -0.1) is 0 Å². The summed E-state index contributed by atoms with van der Waals surface area (Å²) >= 11 is 6.11. The first-order valence-electron chi connectivity index (χ1n) is 8.10. The van der Waals surface area contributed by atoms with Gasteiger partial charge in [0.1, 0.15) is 11.9 Å². The van der Waals surface area contributed by atoms with Crippen molar-refractivity contribution in [3.8, 4) is 16.9 Å². The zero-order valence-corrected chi connectivity index (χ0v) is 15.0. The Hall–Kier alpha value is -2.62. The number of rotatable bonds is 3. The molecule has 0 saturated carbocycles. The quantitative estimate of drug-likeness (QED) is 0.611. The predicted octanol–water partition coefficient (Wildman–Crippen LogP) is 5.62. The molecule has 0 bridgehead atoms. The van der Waals surface area contributed by atoms with Crippen molar-refractivity contribution in [1.29, 1.82) is 0 Å². The minimum atomic E-state index is -4.97. The number of hydrogen-bond donors (Lipinski definition) is 2. The number of halogens is 7.